The average molecular weight is 239 g/mol. The molecule has 1 aromatic rings. The first kappa shape index (κ1) is 13.2. The van der Waals surface area contributed by atoms with Gasteiger partial charge in [-0.3, -0.25) is 0 Å². The largest absolute Gasteiger partial charge is 0.493 e. The van der Waals surface area contributed by atoms with Crippen molar-refractivity contribution >= 4 is 11.7 Å². The van der Waals surface area contributed by atoms with Crippen molar-refractivity contribution < 1.29 is 19.0 Å². The molecule has 2 N–H and O–H groups in total. The Morgan fingerprint density at radius 3 is 2.65 bits per heavy atom. The third kappa shape index (κ3) is 4.22. The lowest BCUT2D eigenvalue weighted by Gasteiger charge is -2.12. The molecule has 0 aliphatic rings. The van der Waals surface area contributed by atoms with Gasteiger partial charge in [0.1, 0.15) is 0 Å². The molecule has 1 rings (SSSR count). The van der Waals surface area contributed by atoms with Crippen molar-refractivity contribution in [3.05, 3.63) is 18.2 Å². The van der Waals surface area contributed by atoms with E-state index in [1.807, 2.05) is 0 Å². The SMILES string of the molecule is COc1cc(N)ccc1OCC(=O)OC(C)C. The molecular weight excluding hydrogens is 222 g/mol. The minimum atomic E-state index is -0.418. The Morgan fingerprint density at radius 2 is 2.06 bits per heavy atom. The van der Waals surface area contributed by atoms with Crippen LogP contribution in [0.4, 0.5) is 5.69 Å². The number of carbonyl (C=O) groups excluding carboxylic acids is 1. The van der Waals surface area contributed by atoms with Gasteiger partial charge in [-0.2, -0.15) is 0 Å². The standard InChI is InChI=1S/C12H17NO4/c1-8(2)17-12(14)7-16-10-5-4-9(13)6-11(10)15-3/h4-6,8H,7,13H2,1-3H3. The predicted molar refractivity (Wildman–Crippen MR) is 64.1 cm³/mol. The molecule has 0 heterocycles. The lowest BCUT2D eigenvalue weighted by molar-refractivity contribution is -0.149. The van der Waals surface area contributed by atoms with Gasteiger partial charge in [-0.05, 0) is 26.0 Å². The minimum Gasteiger partial charge on any atom is -0.493 e. The fourth-order valence-corrected chi connectivity index (χ4v) is 1.24. The van der Waals surface area contributed by atoms with Crippen LogP contribution in [0.1, 0.15) is 13.8 Å². The summed E-state index contributed by atoms with van der Waals surface area (Å²) in [5, 5.41) is 0. The summed E-state index contributed by atoms with van der Waals surface area (Å²) in [6.45, 7) is 3.40. The zero-order chi connectivity index (χ0) is 12.8. The number of nitrogen functional groups attached to an aromatic ring is 1. The van der Waals surface area contributed by atoms with Gasteiger partial charge < -0.3 is 19.9 Å². The first-order chi connectivity index (χ1) is 8.02. The van der Waals surface area contributed by atoms with Crippen LogP contribution in [-0.4, -0.2) is 25.8 Å². The number of ether oxygens (including phenoxy) is 3. The molecule has 0 unspecified atom stereocenters. The normalized spacial score (nSPS) is 10.1. The molecule has 0 amide bonds. The summed E-state index contributed by atoms with van der Waals surface area (Å²) in [6.07, 6.45) is -0.153. The van der Waals surface area contributed by atoms with Crippen LogP contribution in [0.3, 0.4) is 0 Å². The molecule has 0 spiro atoms. The van der Waals surface area contributed by atoms with Crippen LogP contribution >= 0.6 is 0 Å². The van der Waals surface area contributed by atoms with E-state index in [0.717, 1.165) is 0 Å². The molecule has 0 saturated heterocycles. The van der Waals surface area contributed by atoms with Gasteiger partial charge in [-0.25, -0.2) is 4.79 Å². The van der Waals surface area contributed by atoms with Crippen LogP contribution in [-0.2, 0) is 9.53 Å². The summed E-state index contributed by atoms with van der Waals surface area (Å²) in [5.74, 6) is 0.531. The highest BCUT2D eigenvalue weighted by atomic mass is 16.6. The third-order valence-corrected chi connectivity index (χ3v) is 1.90. The van der Waals surface area contributed by atoms with E-state index in [1.54, 1.807) is 32.0 Å². The number of benzene rings is 1. The van der Waals surface area contributed by atoms with Gasteiger partial charge in [0.25, 0.3) is 0 Å². The molecule has 0 aliphatic heterocycles. The quantitative estimate of drug-likeness (QED) is 0.624. The van der Waals surface area contributed by atoms with Gasteiger partial charge in [-0.1, -0.05) is 0 Å². The van der Waals surface area contributed by atoms with Crippen LogP contribution in [0.2, 0.25) is 0 Å². The van der Waals surface area contributed by atoms with E-state index in [1.165, 1.54) is 7.11 Å². The molecule has 5 heteroatoms. The maximum Gasteiger partial charge on any atom is 0.344 e. The van der Waals surface area contributed by atoms with Gasteiger partial charge in [0.05, 0.1) is 13.2 Å². The lowest BCUT2D eigenvalue weighted by Crippen LogP contribution is -2.18. The second-order valence-corrected chi connectivity index (χ2v) is 3.74. The molecule has 0 bridgehead atoms. The topological polar surface area (TPSA) is 70.8 Å². The van der Waals surface area contributed by atoms with Crippen molar-refractivity contribution in [1.29, 1.82) is 0 Å². The number of methoxy groups -OCH3 is 1. The fraction of sp³-hybridized carbons (Fsp3) is 0.417. The number of esters is 1. The number of anilines is 1. The van der Waals surface area contributed by atoms with Gasteiger partial charge >= 0.3 is 5.97 Å². The highest BCUT2D eigenvalue weighted by Gasteiger charge is 2.09. The second kappa shape index (κ2) is 5.98. The summed E-state index contributed by atoms with van der Waals surface area (Å²) in [7, 11) is 1.51. The van der Waals surface area contributed by atoms with Crippen LogP contribution in [0, 0.1) is 0 Å². The molecule has 0 aromatic heterocycles. The van der Waals surface area contributed by atoms with Crippen molar-refractivity contribution in [2.75, 3.05) is 19.5 Å². The predicted octanol–water partition coefficient (Wildman–Crippen LogP) is 1.61. The highest BCUT2D eigenvalue weighted by Crippen LogP contribution is 2.28. The van der Waals surface area contributed by atoms with E-state index in [2.05, 4.69) is 0 Å². The molecule has 0 atom stereocenters. The third-order valence-electron chi connectivity index (χ3n) is 1.90. The van der Waals surface area contributed by atoms with Crippen molar-refractivity contribution in [3.8, 4) is 11.5 Å². The maximum absolute atomic E-state index is 11.3. The molecule has 94 valence electrons. The van der Waals surface area contributed by atoms with Gasteiger partial charge in [0.2, 0.25) is 0 Å². The van der Waals surface area contributed by atoms with E-state index >= 15 is 0 Å². The molecule has 0 aliphatic carbocycles. The Hall–Kier alpha value is -1.91. The van der Waals surface area contributed by atoms with E-state index in [0.29, 0.717) is 17.2 Å². The molecule has 0 fully saturated rings. The van der Waals surface area contributed by atoms with Crippen LogP contribution in [0.25, 0.3) is 0 Å². The molecule has 17 heavy (non-hydrogen) atoms. The van der Waals surface area contributed by atoms with Gasteiger partial charge in [-0.15, -0.1) is 0 Å². The first-order valence-electron chi connectivity index (χ1n) is 5.28. The summed E-state index contributed by atoms with van der Waals surface area (Å²) in [4.78, 5) is 11.3. The molecule has 1 aromatic carbocycles. The summed E-state index contributed by atoms with van der Waals surface area (Å²) in [5.41, 5.74) is 6.17. The zero-order valence-electron chi connectivity index (χ0n) is 10.2. The average Bonchev–Trinajstić information content (AvgIpc) is 2.26. The summed E-state index contributed by atoms with van der Waals surface area (Å²) >= 11 is 0. The van der Waals surface area contributed by atoms with Gasteiger partial charge in [0, 0.05) is 11.8 Å². The van der Waals surface area contributed by atoms with Crippen molar-refractivity contribution in [3.63, 3.8) is 0 Å². The molecular formula is C12H17NO4. The fourth-order valence-electron chi connectivity index (χ4n) is 1.24. The zero-order valence-corrected chi connectivity index (χ0v) is 10.2. The first-order valence-corrected chi connectivity index (χ1v) is 5.28. The van der Waals surface area contributed by atoms with E-state index < -0.39 is 5.97 Å². The Balaban J connectivity index is 2.60. The Morgan fingerprint density at radius 1 is 1.35 bits per heavy atom. The minimum absolute atomic E-state index is 0.153. The monoisotopic (exact) mass is 239 g/mol. The van der Waals surface area contributed by atoms with Crippen molar-refractivity contribution in [1.82, 2.24) is 0 Å². The Bertz CT molecular complexity index is 390. The number of nitrogens with two attached hydrogens (primary N) is 1. The number of carbonyl (C=O) groups is 1. The molecule has 0 saturated carbocycles. The van der Waals surface area contributed by atoms with E-state index in [4.69, 9.17) is 19.9 Å². The van der Waals surface area contributed by atoms with Crippen molar-refractivity contribution in [2.24, 2.45) is 0 Å². The number of hydrogen-bond acceptors (Lipinski definition) is 5. The van der Waals surface area contributed by atoms with Crippen LogP contribution < -0.4 is 15.2 Å². The smallest absolute Gasteiger partial charge is 0.344 e. The lowest BCUT2D eigenvalue weighted by atomic mass is 10.3. The summed E-state index contributed by atoms with van der Waals surface area (Å²) < 4.78 is 15.3. The Kier molecular flexibility index (Phi) is 4.63. The molecule has 5 nitrogen and oxygen atoms in total. The highest BCUT2D eigenvalue weighted by molar-refractivity contribution is 5.71. The number of rotatable bonds is 5. The van der Waals surface area contributed by atoms with Gasteiger partial charge in [0.15, 0.2) is 18.1 Å². The molecule has 0 radical (unpaired) electrons. The van der Waals surface area contributed by atoms with Crippen LogP contribution in [0.15, 0.2) is 18.2 Å². The van der Waals surface area contributed by atoms with Crippen LogP contribution in [0.5, 0.6) is 11.5 Å². The van der Waals surface area contributed by atoms with E-state index in [9.17, 15) is 4.79 Å². The number of hydrogen-bond donors (Lipinski definition) is 1. The maximum atomic E-state index is 11.3. The summed E-state index contributed by atoms with van der Waals surface area (Å²) in [6, 6.07) is 4.95. The van der Waals surface area contributed by atoms with Crippen molar-refractivity contribution in [2.45, 2.75) is 20.0 Å². The van der Waals surface area contributed by atoms with E-state index in [-0.39, 0.29) is 12.7 Å². The Labute approximate surface area is 100 Å². The second-order valence-electron chi connectivity index (χ2n) is 3.74.